The molecule has 0 spiro atoms. The Morgan fingerprint density at radius 1 is 1.20 bits per heavy atom. The number of fused-ring (bicyclic) bond motifs is 1. The van der Waals surface area contributed by atoms with Gasteiger partial charge >= 0.3 is 0 Å². The van der Waals surface area contributed by atoms with Crippen LogP contribution in [0.15, 0.2) is 24.3 Å². The van der Waals surface area contributed by atoms with Gasteiger partial charge in [-0.25, -0.2) is 0 Å². The molecule has 1 aromatic rings. The zero-order chi connectivity index (χ0) is 14.4. The predicted octanol–water partition coefficient (Wildman–Crippen LogP) is 4.76. The van der Waals surface area contributed by atoms with Crippen LogP contribution in [0.2, 0.25) is 0 Å². The van der Waals surface area contributed by atoms with Gasteiger partial charge in [-0.1, -0.05) is 63.8 Å². The maximum Gasteiger partial charge on any atom is 0.0574 e. The van der Waals surface area contributed by atoms with E-state index in [1.54, 1.807) is 0 Å². The highest BCUT2D eigenvalue weighted by atomic mass is 16.3. The first-order valence-corrected chi connectivity index (χ1v) is 8.49. The standard InChI is InChI=1S/C19H30O/c1-3-5-8-15(4-2)13-19(20)18-12-11-16-9-6-7-10-17(16)14-18/h6-7,9-10,15,18-20H,3-5,8,11-14H2,1-2H3. The maximum absolute atomic E-state index is 10.6. The van der Waals surface area contributed by atoms with E-state index in [0.29, 0.717) is 11.8 Å². The van der Waals surface area contributed by atoms with Crippen molar-refractivity contribution in [3.05, 3.63) is 35.4 Å². The summed E-state index contributed by atoms with van der Waals surface area (Å²) in [5, 5.41) is 10.6. The summed E-state index contributed by atoms with van der Waals surface area (Å²) in [6.45, 7) is 4.52. The second-order valence-electron chi connectivity index (χ2n) is 6.49. The summed E-state index contributed by atoms with van der Waals surface area (Å²) in [4.78, 5) is 0. The molecular weight excluding hydrogens is 244 g/mol. The van der Waals surface area contributed by atoms with Crippen LogP contribution in [0.4, 0.5) is 0 Å². The molecule has 0 aromatic heterocycles. The van der Waals surface area contributed by atoms with Crippen LogP contribution in [0, 0.1) is 11.8 Å². The van der Waals surface area contributed by atoms with E-state index in [4.69, 9.17) is 0 Å². The summed E-state index contributed by atoms with van der Waals surface area (Å²) in [6.07, 6.45) is 9.33. The van der Waals surface area contributed by atoms with Crippen LogP contribution < -0.4 is 0 Å². The fraction of sp³-hybridized carbons (Fsp3) is 0.684. The molecule has 1 heteroatoms. The summed E-state index contributed by atoms with van der Waals surface area (Å²) >= 11 is 0. The monoisotopic (exact) mass is 274 g/mol. The Bertz CT molecular complexity index is 399. The van der Waals surface area contributed by atoms with Crippen molar-refractivity contribution in [2.24, 2.45) is 11.8 Å². The molecule has 0 amide bonds. The lowest BCUT2D eigenvalue weighted by Gasteiger charge is -2.30. The van der Waals surface area contributed by atoms with Gasteiger partial charge < -0.3 is 5.11 Å². The van der Waals surface area contributed by atoms with Crippen molar-refractivity contribution in [1.29, 1.82) is 0 Å². The van der Waals surface area contributed by atoms with Gasteiger partial charge in [0.15, 0.2) is 0 Å². The fourth-order valence-corrected chi connectivity index (χ4v) is 3.57. The number of unbranched alkanes of at least 4 members (excludes halogenated alkanes) is 1. The summed E-state index contributed by atoms with van der Waals surface area (Å²) in [7, 11) is 0. The Hall–Kier alpha value is -0.820. The molecule has 0 saturated carbocycles. The van der Waals surface area contributed by atoms with Crippen LogP contribution in [0.25, 0.3) is 0 Å². The molecule has 1 nitrogen and oxygen atoms in total. The highest BCUT2D eigenvalue weighted by Crippen LogP contribution is 2.31. The Balaban J connectivity index is 1.89. The first-order chi connectivity index (χ1) is 9.74. The molecule has 0 fully saturated rings. The van der Waals surface area contributed by atoms with Crippen molar-refractivity contribution in [3.8, 4) is 0 Å². The van der Waals surface area contributed by atoms with Crippen molar-refractivity contribution < 1.29 is 5.11 Å². The SMILES string of the molecule is CCCCC(CC)CC(O)C1CCc2ccccc2C1. The molecule has 3 atom stereocenters. The van der Waals surface area contributed by atoms with Crippen molar-refractivity contribution in [2.75, 3.05) is 0 Å². The summed E-state index contributed by atoms with van der Waals surface area (Å²) in [5.74, 6) is 1.18. The van der Waals surface area contributed by atoms with E-state index >= 15 is 0 Å². The van der Waals surface area contributed by atoms with Gasteiger partial charge in [0.1, 0.15) is 0 Å². The molecule has 0 aliphatic heterocycles. The molecule has 0 saturated heterocycles. The van der Waals surface area contributed by atoms with Crippen LogP contribution >= 0.6 is 0 Å². The smallest absolute Gasteiger partial charge is 0.0574 e. The van der Waals surface area contributed by atoms with E-state index in [2.05, 4.69) is 38.1 Å². The minimum absolute atomic E-state index is 0.106. The van der Waals surface area contributed by atoms with Crippen molar-refractivity contribution in [1.82, 2.24) is 0 Å². The van der Waals surface area contributed by atoms with Gasteiger partial charge in [-0.05, 0) is 48.6 Å². The second-order valence-corrected chi connectivity index (χ2v) is 6.49. The zero-order valence-corrected chi connectivity index (χ0v) is 13.1. The number of hydrogen-bond donors (Lipinski definition) is 1. The van der Waals surface area contributed by atoms with Gasteiger partial charge in [0, 0.05) is 0 Å². The predicted molar refractivity (Wildman–Crippen MR) is 85.9 cm³/mol. The highest BCUT2D eigenvalue weighted by Gasteiger charge is 2.26. The van der Waals surface area contributed by atoms with Crippen molar-refractivity contribution >= 4 is 0 Å². The number of benzene rings is 1. The minimum atomic E-state index is -0.106. The zero-order valence-electron chi connectivity index (χ0n) is 13.1. The van der Waals surface area contributed by atoms with E-state index in [1.165, 1.54) is 36.8 Å². The highest BCUT2D eigenvalue weighted by molar-refractivity contribution is 5.29. The van der Waals surface area contributed by atoms with Gasteiger partial charge in [-0.2, -0.15) is 0 Å². The Labute approximate surface area is 124 Å². The van der Waals surface area contributed by atoms with Crippen LogP contribution in [0.3, 0.4) is 0 Å². The molecular formula is C19H30O. The minimum Gasteiger partial charge on any atom is -0.393 e. The molecule has 112 valence electrons. The largest absolute Gasteiger partial charge is 0.393 e. The lowest BCUT2D eigenvalue weighted by Crippen LogP contribution is -2.28. The van der Waals surface area contributed by atoms with Gasteiger partial charge in [0.2, 0.25) is 0 Å². The van der Waals surface area contributed by atoms with Crippen molar-refractivity contribution in [2.45, 2.75) is 71.3 Å². The fourth-order valence-electron chi connectivity index (χ4n) is 3.57. The normalized spacial score (nSPS) is 21.2. The van der Waals surface area contributed by atoms with Crippen LogP contribution in [-0.4, -0.2) is 11.2 Å². The molecule has 1 aliphatic rings. The van der Waals surface area contributed by atoms with E-state index in [9.17, 15) is 5.11 Å². The average Bonchev–Trinajstić information content (AvgIpc) is 2.50. The number of hydrogen-bond acceptors (Lipinski definition) is 1. The van der Waals surface area contributed by atoms with E-state index in [-0.39, 0.29) is 6.10 Å². The van der Waals surface area contributed by atoms with E-state index < -0.39 is 0 Å². The molecule has 0 heterocycles. The summed E-state index contributed by atoms with van der Waals surface area (Å²) in [5.41, 5.74) is 2.96. The quantitative estimate of drug-likeness (QED) is 0.760. The topological polar surface area (TPSA) is 20.2 Å². The van der Waals surface area contributed by atoms with Crippen LogP contribution in [0.1, 0.15) is 63.5 Å². The second kappa shape index (κ2) is 7.83. The molecule has 3 unspecified atom stereocenters. The lowest BCUT2D eigenvalue weighted by molar-refractivity contribution is 0.0716. The van der Waals surface area contributed by atoms with Gasteiger partial charge in [0.25, 0.3) is 0 Å². The van der Waals surface area contributed by atoms with Crippen LogP contribution in [-0.2, 0) is 12.8 Å². The number of aliphatic hydroxyl groups excluding tert-OH is 1. The molecule has 0 radical (unpaired) electrons. The number of aryl methyl sites for hydroxylation is 1. The molecule has 2 rings (SSSR count). The van der Waals surface area contributed by atoms with Gasteiger partial charge in [-0.15, -0.1) is 0 Å². The molecule has 1 aromatic carbocycles. The first kappa shape index (κ1) is 15.6. The molecule has 1 aliphatic carbocycles. The third-order valence-corrected chi connectivity index (χ3v) is 5.05. The average molecular weight is 274 g/mol. The lowest BCUT2D eigenvalue weighted by atomic mass is 9.78. The molecule has 1 N–H and O–H groups in total. The molecule has 0 bridgehead atoms. The first-order valence-electron chi connectivity index (χ1n) is 8.49. The number of rotatable bonds is 7. The Kier molecular flexibility index (Phi) is 6.09. The van der Waals surface area contributed by atoms with Crippen LogP contribution in [0.5, 0.6) is 0 Å². The Morgan fingerprint density at radius 2 is 1.95 bits per heavy atom. The number of aliphatic hydroxyl groups is 1. The van der Waals surface area contributed by atoms with E-state index in [0.717, 1.165) is 25.7 Å². The maximum atomic E-state index is 10.6. The van der Waals surface area contributed by atoms with Gasteiger partial charge in [-0.3, -0.25) is 0 Å². The summed E-state index contributed by atoms with van der Waals surface area (Å²) in [6, 6.07) is 8.74. The van der Waals surface area contributed by atoms with E-state index in [1.807, 2.05) is 0 Å². The summed E-state index contributed by atoms with van der Waals surface area (Å²) < 4.78 is 0. The third-order valence-electron chi connectivity index (χ3n) is 5.05. The van der Waals surface area contributed by atoms with Crippen molar-refractivity contribution in [3.63, 3.8) is 0 Å². The molecule has 20 heavy (non-hydrogen) atoms. The van der Waals surface area contributed by atoms with Gasteiger partial charge in [0.05, 0.1) is 6.10 Å². The third kappa shape index (κ3) is 4.09. The Morgan fingerprint density at radius 3 is 2.65 bits per heavy atom.